The van der Waals surface area contributed by atoms with Gasteiger partial charge < -0.3 is 0 Å². The van der Waals surface area contributed by atoms with E-state index in [2.05, 4.69) is 4.98 Å². The van der Waals surface area contributed by atoms with Crippen molar-refractivity contribution in [2.24, 2.45) is 0 Å². The zero-order valence-corrected chi connectivity index (χ0v) is 8.75. The fourth-order valence-corrected chi connectivity index (χ4v) is 1.98. The van der Waals surface area contributed by atoms with Crippen LogP contribution in [0, 0.1) is 0 Å². The van der Waals surface area contributed by atoms with Crippen LogP contribution in [0.1, 0.15) is 13.3 Å². The highest BCUT2D eigenvalue weighted by Gasteiger charge is 2.14. The van der Waals surface area contributed by atoms with E-state index in [-0.39, 0.29) is 11.2 Å². The largest absolute Gasteiger partial charge is 0.336 e. The molecule has 0 N–H and O–H groups in total. The predicted molar refractivity (Wildman–Crippen MR) is 58.2 cm³/mol. The zero-order chi connectivity index (χ0) is 11.3. The topological polar surface area (TPSA) is 60.8 Å². The maximum atomic E-state index is 12.0. The van der Waals surface area contributed by atoms with E-state index in [4.69, 9.17) is 0 Å². The van der Waals surface area contributed by atoms with Crippen LogP contribution in [-0.4, -0.2) is 18.4 Å². The molecule has 0 bridgehead atoms. The minimum absolute atomic E-state index is 0.296. The Kier molecular flexibility index (Phi) is 1.68. The molecule has 3 aromatic rings. The molecule has 0 atom stereocenters. The van der Waals surface area contributed by atoms with Crippen LogP contribution in [0.2, 0.25) is 0 Å². The van der Waals surface area contributed by atoms with E-state index in [1.807, 2.05) is 6.92 Å². The van der Waals surface area contributed by atoms with Crippen molar-refractivity contribution in [1.82, 2.24) is 18.4 Å². The molecule has 0 aliphatic carbocycles. The van der Waals surface area contributed by atoms with Gasteiger partial charge in [-0.15, -0.1) is 0 Å². The molecule has 6 nitrogen and oxygen atoms in total. The van der Waals surface area contributed by atoms with Gasteiger partial charge in [0.2, 0.25) is 0 Å². The number of imidazole rings is 2. The molecule has 0 amide bonds. The summed E-state index contributed by atoms with van der Waals surface area (Å²) in [6, 6.07) is 0. The molecule has 0 aromatic carbocycles. The molecule has 0 saturated heterocycles. The number of aromatic nitrogens is 4. The number of hydrogen-bond donors (Lipinski definition) is 0. The van der Waals surface area contributed by atoms with Crippen LogP contribution in [0.15, 0.2) is 28.3 Å². The molecule has 3 heterocycles. The first-order valence-corrected chi connectivity index (χ1v) is 5.14. The zero-order valence-electron chi connectivity index (χ0n) is 8.75. The fourth-order valence-electron chi connectivity index (χ4n) is 1.98. The lowest BCUT2D eigenvalue weighted by molar-refractivity contribution is 0.613. The molecule has 16 heavy (non-hydrogen) atoms. The minimum Gasteiger partial charge on any atom is -0.290 e. The molecular formula is C10H10N4O2. The van der Waals surface area contributed by atoms with Gasteiger partial charge in [-0.25, -0.2) is 9.78 Å². The van der Waals surface area contributed by atoms with Crippen molar-refractivity contribution >= 4 is 11.2 Å². The average Bonchev–Trinajstić information content (AvgIpc) is 2.83. The van der Waals surface area contributed by atoms with Crippen LogP contribution in [0.4, 0.5) is 0 Å². The van der Waals surface area contributed by atoms with Crippen LogP contribution in [0.5, 0.6) is 0 Å². The van der Waals surface area contributed by atoms with Crippen LogP contribution in [0.3, 0.4) is 0 Å². The van der Waals surface area contributed by atoms with E-state index < -0.39 is 0 Å². The maximum absolute atomic E-state index is 12.0. The smallest absolute Gasteiger partial charge is 0.290 e. The highest BCUT2D eigenvalue weighted by Crippen LogP contribution is 2.06. The van der Waals surface area contributed by atoms with Gasteiger partial charge in [0.15, 0.2) is 11.2 Å². The quantitative estimate of drug-likeness (QED) is 0.606. The summed E-state index contributed by atoms with van der Waals surface area (Å²) in [5.41, 5.74) is 0.302. The molecular weight excluding hydrogens is 208 g/mol. The van der Waals surface area contributed by atoms with Crippen molar-refractivity contribution in [3.05, 3.63) is 39.6 Å². The third-order valence-corrected chi connectivity index (χ3v) is 2.70. The van der Waals surface area contributed by atoms with Crippen LogP contribution in [0.25, 0.3) is 11.2 Å². The SMILES string of the molecule is CCCn1c(=O)c2ncn3ccn(c1=O)c23. The Morgan fingerprint density at radius 2 is 2.12 bits per heavy atom. The Morgan fingerprint density at radius 1 is 1.31 bits per heavy atom. The monoisotopic (exact) mass is 218 g/mol. The Labute approximate surface area is 89.7 Å². The molecule has 3 rings (SSSR count). The van der Waals surface area contributed by atoms with Gasteiger partial charge in [0.1, 0.15) is 6.33 Å². The Morgan fingerprint density at radius 3 is 2.88 bits per heavy atom. The summed E-state index contributed by atoms with van der Waals surface area (Å²) in [6.07, 6.45) is 5.65. The summed E-state index contributed by atoms with van der Waals surface area (Å²) in [4.78, 5) is 28.0. The highest BCUT2D eigenvalue weighted by atomic mass is 16.2. The third kappa shape index (κ3) is 0.932. The molecule has 0 spiro atoms. The molecule has 0 unspecified atom stereocenters. The van der Waals surface area contributed by atoms with E-state index >= 15 is 0 Å². The first-order chi connectivity index (χ1) is 7.74. The van der Waals surface area contributed by atoms with Gasteiger partial charge in [-0.3, -0.25) is 18.2 Å². The van der Waals surface area contributed by atoms with Gasteiger partial charge >= 0.3 is 5.69 Å². The van der Waals surface area contributed by atoms with Gasteiger partial charge in [-0.1, -0.05) is 6.92 Å². The van der Waals surface area contributed by atoms with Crippen LogP contribution in [-0.2, 0) is 6.54 Å². The summed E-state index contributed by atoms with van der Waals surface area (Å²) in [5.74, 6) is 0. The number of rotatable bonds is 2. The molecule has 6 heteroatoms. The molecule has 3 aromatic heterocycles. The summed E-state index contributed by atoms with van der Waals surface area (Å²) < 4.78 is 4.36. The Balaban J connectivity index is 2.60. The van der Waals surface area contributed by atoms with E-state index in [0.29, 0.717) is 17.7 Å². The molecule has 0 fully saturated rings. The van der Waals surface area contributed by atoms with Gasteiger partial charge in [0, 0.05) is 18.9 Å². The number of hydrogen-bond acceptors (Lipinski definition) is 3. The minimum atomic E-state index is -0.305. The van der Waals surface area contributed by atoms with Crippen molar-refractivity contribution in [2.45, 2.75) is 19.9 Å². The maximum Gasteiger partial charge on any atom is 0.336 e. The van der Waals surface area contributed by atoms with Crippen LogP contribution >= 0.6 is 0 Å². The lowest BCUT2D eigenvalue weighted by Gasteiger charge is -2.02. The third-order valence-electron chi connectivity index (χ3n) is 2.70. The summed E-state index contributed by atoms with van der Waals surface area (Å²) in [6.45, 7) is 2.35. The molecule has 0 saturated carbocycles. The standard InChI is InChI=1S/C10H10N4O2/c1-2-3-14-9(15)7-8-12(6-11-7)4-5-13(8)10(14)16/h4-6H,2-3H2,1H3. The normalized spacial score (nSPS) is 11.8. The summed E-state index contributed by atoms with van der Waals surface area (Å²) in [7, 11) is 0. The van der Waals surface area contributed by atoms with Crippen molar-refractivity contribution < 1.29 is 0 Å². The predicted octanol–water partition coefficient (Wildman–Crippen LogP) is -0.0433. The van der Waals surface area contributed by atoms with Crippen molar-refractivity contribution in [1.29, 1.82) is 0 Å². The number of nitrogens with zero attached hydrogens (tertiary/aromatic N) is 4. The molecule has 82 valence electrons. The first kappa shape index (κ1) is 9.14. The van der Waals surface area contributed by atoms with E-state index in [1.165, 1.54) is 8.97 Å². The summed E-state index contributed by atoms with van der Waals surface area (Å²) >= 11 is 0. The second kappa shape index (κ2) is 2.94. The fraction of sp³-hybridized carbons (Fsp3) is 0.300. The van der Waals surface area contributed by atoms with Crippen LogP contribution < -0.4 is 11.2 Å². The molecule has 0 radical (unpaired) electrons. The second-order valence-electron chi connectivity index (χ2n) is 3.73. The van der Waals surface area contributed by atoms with Gasteiger partial charge in [-0.05, 0) is 6.42 Å². The second-order valence-corrected chi connectivity index (χ2v) is 3.73. The highest BCUT2D eigenvalue weighted by molar-refractivity contribution is 5.70. The van der Waals surface area contributed by atoms with Crippen molar-refractivity contribution in [3.8, 4) is 0 Å². The summed E-state index contributed by atoms with van der Waals surface area (Å²) in [5, 5.41) is 0. The lowest BCUT2D eigenvalue weighted by atomic mass is 10.4. The Bertz CT molecular complexity index is 707. The van der Waals surface area contributed by atoms with E-state index in [9.17, 15) is 9.59 Å². The van der Waals surface area contributed by atoms with E-state index in [1.54, 1.807) is 23.1 Å². The van der Waals surface area contributed by atoms with Crippen molar-refractivity contribution in [2.75, 3.05) is 0 Å². The van der Waals surface area contributed by atoms with Gasteiger partial charge in [-0.2, -0.15) is 0 Å². The van der Waals surface area contributed by atoms with Gasteiger partial charge in [0.05, 0.1) is 0 Å². The molecule has 0 aliphatic heterocycles. The molecule has 0 aliphatic rings. The van der Waals surface area contributed by atoms with E-state index in [0.717, 1.165) is 6.42 Å². The Hall–Kier alpha value is -2.11. The van der Waals surface area contributed by atoms with Crippen molar-refractivity contribution in [3.63, 3.8) is 0 Å². The average molecular weight is 218 g/mol. The lowest BCUT2D eigenvalue weighted by Crippen LogP contribution is -2.37. The van der Waals surface area contributed by atoms with Gasteiger partial charge in [0.25, 0.3) is 5.56 Å². The first-order valence-electron chi connectivity index (χ1n) is 5.14.